The van der Waals surface area contributed by atoms with Crippen molar-refractivity contribution in [2.24, 2.45) is 0 Å². The number of hydrogen-bond acceptors (Lipinski definition) is 4. The zero-order valence-electron chi connectivity index (χ0n) is 8.66. The molecule has 0 bridgehead atoms. The fourth-order valence-corrected chi connectivity index (χ4v) is 1.71. The number of rotatable bonds is 2. The van der Waals surface area contributed by atoms with Gasteiger partial charge in [0.15, 0.2) is 0 Å². The van der Waals surface area contributed by atoms with Gasteiger partial charge in [-0.1, -0.05) is 0 Å². The normalized spacial score (nSPS) is 16.5. The van der Waals surface area contributed by atoms with Crippen LogP contribution in [0.15, 0.2) is 12.3 Å². The summed E-state index contributed by atoms with van der Waals surface area (Å²) >= 11 is 0. The second-order valence-corrected chi connectivity index (χ2v) is 3.42. The lowest BCUT2D eigenvalue weighted by Gasteiger charge is -2.29. The summed E-state index contributed by atoms with van der Waals surface area (Å²) in [7, 11) is 1.55. The molecule has 0 unspecified atom stereocenters. The number of halogens is 1. The van der Waals surface area contributed by atoms with E-state index in [0.29, 0.717) is 5.88 Å². The zero-order chi connectivity index (χ0) is 10.7. The summed E-state index contributed by atoms with van der Waals surface area (Å²) in [5.74, 6) is 0.155. The van der Waals surface area contributed by atoms with Crippen molar-refractivity contribution >= 4 is 5.69 Å². The Morgan fingerprint density at radius 1 is 1.47 bits per heavy atom. The van der Waals surface area contributed by atoms with Gasteiger partial charge < -0.3 is 15.0 Å². The molecule has 82 valence electrons. The molecular formula is C10H14FN3O. The van der Waals surface area contributed by atoms with Crippen LogP contribution in [0.25, 0.3) is 0 Å². The van der Waals surface area contributed by atoms with Gasteiger partial charge in [0.25, 0.3) is 0 Å². The Balaban J connectivity index is 2.27. The molecule has 4 nitrogen and oxygen atoms in total. The Labute approximate surface area is 88.1 Å². The number of hydrogen-bond donors (Lipinski definition) is 1. The van der Waals surface area contributed by atoms with Crippen LogP contribution in [0.4, 0.5) is 10.1 Å². The van der Waals surface area contributed by atoms with E-state index >= 15 is 0 Å². The number of aromatic nitrogens is 1. The number of nitrogens with zero attached hydrogens (tertiary/aromatic N) is 2. The van der Waals surface area contributed by atoms with Crippen LogP contribution in [-0.2, 0) is 0 Å². The molecule has 2 heterocycles. The first-order valence-corrected chi connectivity index (χ1v) is 4.96. The molecule has 1 aromatic heterocycles. The van der Waals surface area contributed by atoms with E-state index in [1.807, 2.05) is 0 Å². The van der Waals surface area contributed by atoms with Gasteiger partial charge in [0.05, 0.1) is 13.3 Å². The second-order valence-electron chi connectivity index (χ2n) is 3.42. The molecule has 1 aliphatic rings. The van der Waals surface area contributed by atoms with E-state index in [2.05, 4.69) is 15.2 Å². The molecule has 0 aliphatic carbocycles. The van der Waals surface area contributed by atoms with Gasteiger partial charge in [-0.3, -0.25) is 0 Å². The molecule has 0 saturated carbocycles. The van der Waals surface area contributed by atoms with Gasteiger partial charge in [-0.2, -0.15) is 0 Å². The first-order chi connectivity index (χ1) is 7.31. The highest BCUT2D eigenvalue weighted by molar-refractivity contribution is 5.55. The highest BCUT2D eigenvalue weighted by Gasteiger charge is 2.16. The van der Waals surface area contributed by atoms with Gasteiger partial charge in [0.2, 0.25) is 5.88 Å². The highest BCUT2D eigenvalue weighted by Crippen LogP contribution is 2.26. The molecule has 2 rings (SSSR count). The second kappa shape index (κ2) is 4.44. The Hall–Kier alpha value is -1.36. The lowest BCUT2D eigenvalue weighted by molar-refractivity contribution is 0.394. The van der Waals surface area contributed by atoms with Crippen LogP contribution >= 0.6 is 0 Å². The predicted octanol–water partition coefficient (Wildman–Crippen LogP) is 0.639. The number of methoxy groups -OCH3 is 1. The van der Waals surface area contributed by atoms with E-state index in [1.54, 1.807) is 7.11 Å². The standard InChI is InChI=1S/C10H14FN3O/c1-15-10-9(6-8(11)7-13-10)14-4-2-12-3-5-14/h6-7,12H,2-5H2,1H3. The minimum atomic E-state index is -0.329. The minimum absolute atomic E-state index is 0.329. The summed E-state index contributed by atoms with van der Waals surface area (Å²) in [5.41, 5.74) is 0.735. The molecule has 1 N–H and O–H groups in total. The Morgan fingerprint density at radius 2 is 2.20 bits per heavy atom. The summed E-state index contributed by atoms with van der Waals surface area (Å²) in [6, 6.07) is 1.47. The maximum absolute atomic E-state index is 13.1. The molecule has 0 radical (unpaired) electrons. The molecule has 5 heteroatoms. The van der Waals surface area contributed by atoms with Crippen LogP contribution < -0.4 is 15.0 Å². The van der Waals surface area contributed by atoms with Crippen molar-refractivity contribution in [3.63, 3.8) is 0 Å². The topological polar surface area (TPSA) is 37.4 Å². The summed E-state index contributed by atoms with van der Waals surface area (Å²) in [5, 5.41) is 3.24. The van der Waals surface area contributed by atoms with E-state index in [1.165, 1.54) is 12.3 Å². The van der Waals surface area contributed by atoms with Crippen molar-refractivity contribution in [2.45, 2.75) is 0 Å². The minimum Gasteiger partial charge on any atom is -0.480 e. The van der Waals surface area contributed by atoms with Crippen molar-refractivity contribution in [3.8, 4) is 5.88 Å². The van der Waals surface area contributed by atoms with Gasteiger partial charge >= 0.3 is 0 Å². The fraction of sp³-hybridized carbons (Fsp3) is 0.500. The number of nitrogens with one attached hydrogen (secondary N) is 1. The first kappa shape index (κ1) is 10.2. The molecule has 1 saturated heterocycles. The largest absolute Gasteiger partial charge is 0.480 e. The number of piperazine rings is 1. The zero-order valence-corrected chi connectivity index (χ0v) is 8.66. The van der Waals surface area contributed by atoms with E-state index in [0.717, 1.165) is 31.9 Å². The third-order valence-corrected chi connectivity index (χ3v) is 2.45. The lowest BCUT2D eigenvalue weighted by atomic mass is 10.3. The molecule has 1 fully saturated rings. The monoisotopic (exact) mass is 211 g/mol. The fourth-order valence-electron chi connectivity index (χ4n) is 1.71. The van der Waals surface area contributed by atoms with Gasteiger partial charge in [-0.15, -0.1) is 0 Å². The van der Waals surface area contributed by atoms with Crippen LogP contribution in [0.2, 0.25) is 0 Å². The predicted molar refractivity (Wildman–Crippen MR) is 55.8 cm³/mol. The van der Waals surface area contributed by atoms with E-state index < -0.39 is 0 Å². The molecule has 1 aliphatic heterocycles. The van der Waals surface area contributed by atoms with Crippen LogP contribution in [-0.4, -0.2) is 38.3 Å². The van der Waals surface area contributed by atoms with Crippen molar-refractivity contribution < 1.29 is 9.13 Å². The van der Waals surface area contributed by atoms with E-state index in [-0.39, 0.29) is 5.82 Å². The van der Waals surface area contributed by atoms with Gasteiger partial charge in [-0.25, -0.2) is 9.37 Å². The van der Waals surface area contributed by atoms with Gasteiger partial charge in [0.1, 0.15) is 11.5 Å². The van der Waals surface area contributed by atoms with Crippen molar-refractivity contribution in [3.05, 3.63) is 18.1 Å². The van der Waals surface area contributed by atoms with Crippen LogP contribution in [0.3, 0.4) is 0 Å². The number of anilines is 1. The molecule has 0 aromatic carbocycles. The highest BCUT2D eigenvalue weighted by atomic mass is 19.1. The molecule has 0 amide bonds. The third kappa shape index (κ3) is 2.18. The lowest BCUT2D eigenvalue weighted by Crippen LogP contribution is -2.43. The summed E-state index contributed by atoms with van der Waals surface area (Å²) in [6.45, 7) is 3.50. The summed E-state index contributed by atoms with van der Waals surface area (Å²) in [6.07, 6.45) is 1.17. The maximum Gasteiger partial charge on any atom is 0.237 e. The summed E-state index contributed by atoms with van der Waals surface area (Å²) in [4.78, 5) is 5.99. The third-order valence-electron chi connectivity index (χ3n) is 2.45. The van der Waals surface area contributed by atoms with Crippen LogP contribution in [0, 0.1) is 5.82 Å². The van der Waals surface area contributed by atoms with Crippen molar-refractivity contribution in [2.75, 3.05) is 38.2 Å². The Bertz CT molecular complexity index is 339. The average molecular weight is 211 g/mol. The average Bonchev–Trinajstić information content (AvgIpc) is 2.30. The Kier molecular flexibility index (Phi) is 3.01. The van der Waals surface area contributed by atoms with E-state index in [4.69, 9.17) is 4.74 Å². The summed E-state index contributed by atoms with van der Waals surface area (Å²) < 4.78 is 18.2. The number of ether oxygens (including phenoxy) is 1. The number of pyridine rings is 1. The van der Waals surface area contributed by atoms with E-state index in [9.17, 15) is 4.39 Å². The quantitative estimate of drug-likeness (QED) is 0.779. The van der Waals surface area contributed by atoms with Crippen LogP contribution in [0.5, 0.6) is 5.88 Å². The van der Waals surface area contributed by atoms with Gasteiger partial charge in [0, 0.05) is 32.2 Å². The van der Waals surface area contributed by atoms with Crippen molar-refractivity contribution in [1.82, 2.24) is 10.3 Å². The molecule has 1 aromatic rings. The molecule has 0 spiro atoms. The first-order valence-electron chi connectivity index (χ1n) is 4.96. The SMILES string of the molecule is COc1ncc(F)cc1N1CCNCC1. The molecule has 0 atom stereocenters. The molecular weight excluding hydrogens is 197 g/mol. The maximum atomic E-state index is 13.1. The smallest absolute Gasteiger partial charge is 0.237 e. The van der Waals surface area contributed by atoms with Gasteiger partial charge in [-0.05, 0) is 0 Å². The van der Waals surface area contributed by atoms with Crippen molar-refractivity contribution in [1.29, 1.82) is 0 Å². The Morgan fingerprint density at radius 3 is 2.87 bits per heavy atom. The molecule has 15 heavy (non-hydrogen) atoms. The van der Waals surface area contributed by atoms with Crippen LogP contribution in [0.1, 0.15) is 0 Å².